The third-order valence-electron chi connectivity index (χ3n) is 3.23. The molecular formula is C13H19BrN4O. The number of amides is 1. The molecule has 0 radical (unpaired) electrons. The van der Waals surface area contributed by atoms with Gasteiger partial charge in [-0.25, -0.2) is 4.98 Å². The van der Waals surface area contributed by atoms with Crippen molar-refractivity contribution in [1.29, 1.82) is 0 Å². The summed E-state index contributed by atoms with van der Waals surface area (Å²) < 4.78 is 0.808. The van der Waals surface area contributed by atoms with Crippen molar-refractivity contribution in [1.82, 2.24) is 9.88 Å². The summed E-state index contributed by atoms with van der Waals surface area (Å²) in [5.41, 5.74) is 6.56. The maximum Gasteiger partial charge on any atom is 0.257 e. The topological polar surface area (TPSA) is 62.5 Å². The Hall–Kier alpha value is -1.14. The molecule has 2 N–H and O–H groups in total. The van der Waals surface area contributed by atoms with Gasteiger partial charge >= 0.3 is 0 Å². The van der Waals surface area contributed by atoms with E-state index in [9.17, 15) is 4.79 Å². The lowest BCUT2D eigenvalue weighted by Crippen LogP contribution is -2.46. The number of likely N-dealkylation sites (tertiary alicyclic amines) is 1. The van der Waals surface area contributed by atoms with Crippen LogP contribution in [-0.2, 0) is 0 Å². The number of hydrogen-bond donors (Lipinski definition) is 1. The predicted octanol–water partition coefficient (Wildman–Crippen LogP) is 1.47. The van der Waals surface area contributed by atoms with Gasteiger partial charge in [-0.3, -0.25) is 4.79 Å². The normalized spacial score (nSPS) is 19.4. The van der Waals surface area contributed by atoms with Crippen LogP contribution in [0.2, 0.25) is 0 Å². The molecule has 1 aromatic heterocycles. The van der Waals surface area contributed by atoms with Gasteiger partial charge in [0.15, 0.2) is 0 Å². The lowest BCUT2D eigenvalue weighted by molar-refractivity contribution is 0.0709. The summed E-state index contributed by atoms with van der Waals surface area (Å²) in [5, 5.41) is 0. The molecule has 1 atom stereocenters. The molecule has 0 saturated carbocycles. The summed E-state index contributed by atoms with van der Waals surface area (Å²) in [6, 6.07) is 1.91. The van der Waals surface area contributed by atoms with Crippen LogP contribution < -0.4 is 10.6 Å². The van der Waals surface area contributed by atoms with Crippen molar-refractivity contribution in [2.45, 2.75) is 18.9 Å². The Morgan fingerprint density at radius 3 is 2.95 bits per heavy atom. The first-order valence-electron chi connectivity index (χ1n) is 6.36. The van der Waals surface area contributed by atoms with Gasteiger partial charge in [-0.15, -0.1) is 0 Å². The number of carbonyl (C=O) groups is 1. The molecule has 1 fully saturated rings. The number of nitrogens with two attached hydrogens (primary N) is 1. The third kappa shape index (κ3) is 3.25. The molecule has 1 aliphatic rings. The van der Waals surface area contributed by atoms with E-state index < -0.39 is 0 Å². The first kappa shape index (κ1) is 14.3. The monoisotopic (exact) mass is 326 g/mol. The Morgan fingerprint density at radius 1 is 1.58 bits per heavy atom. The van der Waals surface area contributed by atoms with E-state index in [1.54, 1.807) is 6.20 Å². The van der Waals surface area contributed by atoms with Gasteiger partial charge in [0.2, 0.25) is 0 Å². The van der Waals surface area contributed by atoms with E-state index in [-0.39, 0.29) is 11.9 Å². The molecule has 1 aliphatic heterocycles. The van der Waals surface area contributed by atoms with Crippen molar-refractivity contribution in [2.24, 2.45) is 5.73 Å². The minimum absolute atomic E-state index is 0.00708. The maximum absolute atomic E-state index is 12.6. The SMILES string of the molecule is CN(C)c1ncc(Br)cc1C(=O)N1CCC[C@@H](N)C1. The second-order valence-corrected chi connectivity index (χ2v) is 5.99. The van der Waals surface area contributed by atoms with Crippen LogP contribution in [0.3, 0.4) is 0 Å². The number of halogens is 1. The quantitative estimate of drug-likeness (QED) is 0.894. The smallest absolute Gasteiger partial charge is 0.257 e. The van der Waals surface area contributed by atoms with Gasteiger partial charge < -0.3 is 15.5 Å². The van der Waals surface area contributed by atoms with Crippen LogP contribution in [-0.4, -0.2) is 49.0 Å². The Morgan fingerprint density at radius 2 is 2.32 bits per heavy atom. The Bertz CT molecular complexity index is 478. The molecule has 19 heavy (non-hydrogen) atoms. The van der Waals surface area contributed by atoms with Gasteiger partial charge in [-0.05, 0) is 34.8 Å². The Kier molecular flexibility index (Phi) is 4.42. The van der Waals surface area contributed by atoms with E-state index in [2.05, 4.69) is 20.9 Å². The van der Waals surface area contributed by atoms with Crippen LogP contribution >= 0.6 is 15.9 Å². The molecule has 6 heteroatoms. The van der Waals surface area contributed by atoms with Gasteiger partial charge in [-0.1, -0.05) is 0 Å². The summed E-state index contributed by atoms with van der Waals surface area (Å²) in [5.74, 6) is 0.694. The van der Waals surface area contributed by atoms with Gasteiger partial charge in [0, 0.05) is 43.9 Å². The number of carbonyl (C=O) groups excluding carboxylic acids is 1. The van der Waals surface area contributed by atoms with Crippen LogP contribution in [0, 0.1) is 0 Å². The molecule has 0 unspecified atom stereocenters. The van der Waals surface area contributed by atoms with E-state index in [0.29, 0.717) is 17.9 Å². The van der Waals surface area contributed by atoms with Gasteiger partial charge in [0.1, 0.15) is 5.82 Å². The number of pyridine rings is 1. The van der Waals surface area contributed by atoms with Crippen LogP contribution in [0.1, 0.15) is 23.2 Å². The molecule has 1 saturated heterocycles. The second kappa shape index (κ2) is 5.88. The van der Waals surface area contributed by atoms with E-state index >= 15 is 0 Å². The van der Waals surface area contributed by atoms with E-state index in [4.69, 9.17) is 5.73 Å². The summed E-state index contributed by atoms with van der Waals surface area (Å²) in [6.07, 6.45) is 3.65. The minimum Gasteiger partial charge on any atom is -0.362 e. The summed E-state index contributed by atoms with van der Waals surface area (Å²) >= 11 is 3.37. The standard InChI is InChI=1S/C13H19BrN4O/c1-17(2)12-11(6-9(14)7-16-12)13(19)18-5-3-4-10(15)8-18/h6-7,10H,3-5,8,15H2,1-2H3/t10-/m1/s1. The third-order valence-corrected chi connectivity index (χ3v) is 3.67. The van der Waals surface area contributed by atoms with Crippen molar-refractivity contribution in [3.63, 3.8) is 0 Å². The van der Waals surface area contributed by atoms with Gasteiger partial charge in [0.25, 0.3) is 5.91 Å². The molecule has 2 rings (SSSR count). The van der Waals surface area contributed by atoms with Crippen LogP contribution in [0.5, 0.6) is 0 Å². The minimum atomic E-state index is 0.00708. The summed E-state index contributed by atoms with van der Waals surface area (Å²) in [4.78, 5) is 20.6. The number of piperidine rings is 1. The lowest BCUT2D eigenvalue weighted by atomic mass is 10.1. The molecule has 1 amide bonds. The molecule has 5 nitrogen and oxygen atoms in total. The molecule has 104 valence electrons. The lowest BCUT2D eigenvalue weighted by Gasteiger charge is -2.31. The zero-order valence-corrected chi connectivity index (χ0v) is 12.9. The fourth-order valence-electron chi connectivity index (χ4n) is 2.31. The fourth-order valence-corrected chi connectivity index (χ4v) is 2.64. The van der Waals surface area contributed by atoms with Crippen molar-refractivity contribution in [2.75, 3.05) is 32.1 Å². The number of hydrogen-bond acceptors (Lipinski definition) is 4. The van der Waals surface area contributed by atoms with Crippen molar-refractivity contribution >= 4 is 27.7 Å². The number of anilines is 1. The largest absolute Gasteiger partial charge is 0.362 e. The average Bonchev–Trinajstić information content (AvgIpc) is 2.37. The molecule has 0 aromatic carbocycles. The summed E-state index contributed by atoms with van der Waals surface area (Å²) in [6.45, 7) is 1.39. The zero-order valence-electron chi connectivity index (χ0n) is 11.3. The van der Waals surface area contributed by atoms with Crippen LogP contribution in [0.4, 0.5) is 5.82 Å². The highest BCUT2D eigenvalue weighted by atomic mass is 79.9. The first-order valence-corrected chi connectivity index (χ1v) is 7.16. The van der Waals surface area contributed by atoms with Gasteiger partial charge in [-0.2, -0.15) is 0 Å². The van der Waals surface area contributed by atoms with E-state index in [1.807, 2.05) is 30.0 Å². The molecule has 1 aromatic rings. The highest BCUT2D eigenvalue weighted by Crippen LogP contribution is 2.23. The highest BCUT2D eigenvalue weighted by Gasteiger charge is 2.25. The van der Waals surface area contributed by atoms with E-state index in [0.717, 1.165) is 23.9 Å². The zero-order chi connectivity index (χ0) is 14.0. The molecule has 0 spiro atoms. The van der Waals surface area contributed by atoms with E-state index in [1.165, 1.54) is 0 Å². The molecular weight excluding hydrogens is 308 g/mol. The molecule has 0 bridgehead atoms. The number of nitrogens with zero attached hydrogens (tertiary/aromatic N) is 3. The number of rotatable bonds is 2. The van der Waals surface area contributed by atoms with Crippen LogP contribution in [0.25, 0.3) is 0 Å². The number of aromatic nitrogens is 1. The maximum atomic E-state index is 12.6. The first-order chi connectivity index (χ1) is 8.99. The van der Waals surface area contributed by atoms with Crippen molar-refractivity contribution in [3.8, 4) is 0 Å². The average molecular weight is 327 g/mol. The second-order valence-electron chi connectivity index (χ2n) is 5.07. The van der Waals surface area contributed by atoms with Crippen LogP contribution in [0.15, 0.2) is 16.7 Å². The van der Waals surface area contributed by atoms with Gasteiger partial charge in [0.05, 0.1) is 5.56 Å². The Balaban J connectivity index is 2.29. The van der Waals surface area contributed by atoms with Crippen molar-refractivity contribution < 1.29 is 4.79 Å². The van der Waals surface area contributed by atoms with Crippen molar-refractivity contribution in [3.05, 3.63) is 22.3 Å². The predicted molar refractivity (Wildman–Crippen MR) is 79.4 cm³/mol. The fraction of sp³-hybridized carbons (Fsp3) is 0.538. The molecule has 2 heterocycles. The summed E-state index contributed by atoms with van der Waals surface area (Å²) in [7, 11) is 3.77. The molecule has 0 aliphatic carbocycles. The highest BCUT2D eigenvalue weighted by molar-refractivity contribution is 9.10. The Labute approximate surface area is 121 Å².